The molecule has 3 heterocycles. The van der Waals surface area contributed by atoms with Gasteiger partial charge in [0, 0.05) is 31.8 Å². The minimum absolute atomic E-state index is 0.161. The molecule has 7 nitrogen and oxygen atoms in total. The molecule has 0 aliphatic carbocycles. The van der Waals surface area contributed by atoms with Crippen LogP contribution in [0.15, 0.2) is 18.2 Å². The average Bonchev–Trinajstić information content (AvgIpc) is 3.24. The van der Waals surface area contributed by atoms with Gasteiger partial charge in [-0.2, -0.15) is 5.26 Å². The molecule has 136 valence electrons. The van der Waals surface area contributed by atoms with Gasteiger partial charge in [-0.25, -0.2) is 9.78 Å². The summed E-state index contributed by atoms with van der Waals surface area (Å²) in [6.07, 6.45) is 1.20. The van der Waals surface area contributed by atoms with Crippen LogP contribution in [0.3, 0.4) is 0 Å². The van der Waals surface area contributed by atoms with Crippen LogP contribution in [0.25, 0.3) is 10.2 Å². The fraction of sp³-hybridized carbons (Fsp3) is 0.500. The van der Waals surface area contributed by atoms with Crippen LogP contribution in [0.5, 0.6) is 0 Å². The number of carbonyl (C=O) groups excluding carboxylic acids is 1. The number of benzene rings is 1. The number of carbonyl (C=O) groups is 1. The molecule has 0 radical (unpaired) electrons. The van der Waals surface area contributed by atoms with Gasteiger partial charge in [0.25, 0.3) is 0 Å². The van der Waals surface area contributed by atoms with Gasteiger partial charge in [0.1, 0.15) is 6.10 Å². The lowest BCUT2D eigenvalue weighted by Gasteiger charge is -2.28. The van der Waals surface area contributed by atoms with Crippen molar-refractivity contribution >= 4 is 38.5 Å². The number of piperidine rings is 1. The van der Waals surface area contributed by atoms with Crippen molar-refractivity contribution in [3.05, 3.63) is 18.2 Å². The molecule has 1 atom stereocenters. The maximum absolute atomic E-state index is 12.1. The van der Waals surface area contributed by atoms with Crippen molar-refractivity contribution in [3.63, 3.8) is 0 Å². The van der Waals surface area contributed by atoms with E-state index in [2.05, 4.69) is 11.0 Å². The van der Waals surface area contributed by atoms with Crippen LogP contribution in [-0.2, 0) is 9.47 Å². The lowest BCUT2D eigenvalue weighted by Crippen LogP contribution is -2.33. The molecule has 4 rings (SSSR count). The molecule has 1 aromatic heterocycles. The van der Waals surface area contributed by atoms with E-state index < -0.39 is 0 Å². The SMILES string of the molecule is COC[C@H]1CN(c2ccc3nc(N4CCC(C#N)CC4)sc3c2)C(=O)O1. The largest absolute Gasteiger partial charge is 0.441 e. The quantitative estimate of drug-likeness (QED) is 0.821. The number of thiazole rings is 1. The minimum atomic E-state index is -0.338. The summed E-state index contributed by atoms with van der Waals surface area (Å²) < 4.78 is 11.4. The smallest absolute Gasteiger partial charge is 0.414 e. The summed E-state index contributed by atoms with van der Waals surface area (Å²) in [5.74, 6) is 0.161. The van der Waals surface area contributed by atoms with Crippen LogP contribution < -0.4 is 9.80 Å². The number of aromatic nitrogens is 1. The molecule has 0 unspecified atom stereocenters. The van der Waals surface area contributed by atoms with Crippen LogP contribution >= 0.6 is 11.3 Å². The zero-order valence-electron chi connectivity index (χ0n) is 14.6. The number of rotatable bonds is 4. The summed E-state index contributed by atoms with van der Waals surface area (Å²) in [4.78, 5) is 20.7. The van der Waals surface area contributed by atoms with Crippen molar-refractivity contribution in [2.45, 2.75) is 18.9 Å². The molecule has 2 fully saturated rings. The number of ether oxygens (including phenoxy) is 2. The van der Waals surface area contributed by atoms with E-state index in [1.165, 1.54) is 0 Å². The van der Waals surface area contributed by atoms with Crippen LogP contribution in [0.4, 0.5) is 15.6 Å². The molecule has 2 aliphatic rings. The van der Waals surface area contributed by atoms with E-state index in [9.17, 15) is 4.79 Å². The van der Waals surface area contributed by atoms with E-state index in [0.29, 0.717) is 13.2 Å². The van der Waals surface area contributed by atoms with Crippen LogP contribution in [0.2, 0.25) is 0 Å². The number of nitriles is 1. The molecule has 1 amide bonds. The van der Waals surface area contributed by atoms with Gasteiger partial charge in [-0.3, -0.25) is 4.90 Å². The number of nitrogens with zero attached hydrogens (tertiary/aromatic N) is 4. The van der Waals surface area contributed by atoms with Gasteiger partial charge in [-0.05, 0) is 31.0 Å². The molecular formula is C18H20N4O3S. The first-order valence-electron chi connectivity index (χ1n) is 8.70. The third kappa shape index (κ3) is 3.20. The zero-order chi connectivity index (χ0) is 18.1. The summed E-state index contributed by atoms with van der Waals surface area (Å²) in [7, 11) is 1.60. The second-order valence-electron chi connectivity index (χ2n) is 6.61. The number of amides is 1. The highest BCUT2D eigenvalue weighted by atomic mass is 32.1. The molecule has 0 saturated carbocycles. The van der Waals surface area contributed by atoms with Crippen LogP contribution in [0, 0.1) is 17.2 Å². The van der Waals surface area contributed by atoms with E-state index in [4.69, 9.17) is 19.7 Å². The Morgan fingerprint density at radius 1 is 1.42 bits per heavy atom. The lowest BCUT2D eigenvalue weighted by molar-refractivity contribution is 0.0718. The van der Waals surface area contributed by atoms with Crippen molar-refractivity contribution in [2.75, 3.05) is 43.2 Å². The normalized spacial score (nSPS) is 21.2. The second-order valence-corrected chi connectivity index (χ2v) is 7.62. The molecule has 2 aromatic rings. The Morgan fingerprint density at radius 2 is 2.23 bits per heavy atom. The summed E-state index contributed by atoms with van der Waals surface area (Å²) in [5, 5.41) is 10.0. The maximum Gasteiger partial charge on any atom is 0.414 e. The second kappa shape index (κ2) is 7.09. The predicted octanol–water partition coefficient (Wildman–Crippen LogP) is 3.01. The van der Waals surface area contributed by atoms with E-state index in [-0.39, 0.29) is 18.1 Å². The van der Waals surface area contributed by atoms with E-state index in [1.54, 1.807) is 23.3 Å². The Labute approximate surface area is 155 Å². The van der Waals surface area contributed by atoms with Gasteiger partial charge < -0.3 is 14.4 Å². The lowest BCUT2D eigenvalue weighted by atomic mass is 9.99. The standard InChI is InChI=1S/C18H20N4O3S/c1-24-11-14-10-22(18(23)25-14)13-2-3-15-16(8-13)26-17(20-15)21-6-4-12(9-19)5-7-21/h2-3,8,12,14H,4-7,10-11H2,1H3/t14-/m1/s1. The number of anilines is 2. The van der Waals surface area contributed by atoms with Crippen LogP contribution in [-0.4, -0.2) is 50.5 Å². The third-order valence-electron chi connectivity index (χ3n) is 4.85. The Bertz CT molecular complexity index is 854. The maximum atomic E-state index is 12.1. The Balaban J connectivity index is 1.53. The van der Waals surface area contributed by atoms with Gasteiger partial charge in [0.2, 0.25) is 0 Å². The van der Waals surface area contributed by atoms with E-state index in [0.717, 1.165) is 47.0 Å². The Morgan fingerprint density at radius 3 is 2.96 bits per heavy atom. The Hall–Kier alpha value is -2.37. The summed E-state index contributed by atoms with van der Waals surface area (Å²) in [6, 6.07) is 8.21. The fourth-order valence-corrected chi connectivity index (χ4v) is 4.46. The number of hydrogen-bond donors (Lipinski definition) is 0. The highest BCUT2D eigenvalue weighted by Gasteiger charge is 2.32. The number of methoxy groups -OCH3 is 1. The topological polar surface area (TPSA) is 78.7 Å². The molecule has 8 heteroatoms. The van der Waals surface area contributed by atoms with Gasteiger partial charge in [-0.1, -0.05) is 11.3 Å². The van der Waals surface area contributed by atoms with E-state index in [1.807, 2.05) is 18.2 Å². The summed E-state index contributed by atoms with van der Waals surface area (Å²) in [6.45, 7) is 2.61. The Kier molecular flexibility index (Phi) is 4.66. The predicted molar refractivity (Wildman–Crippen MR) is 99.7 cm³/mol. The molecule has 0 spiro atoms. The minimum Gasteiger partial charge on any atom is -0.441 e. The average molecular weight is 372 g/mol. The number of fused-ring (bicyclic) bond motifs is 1. The van der Waals surface area contributed by atoms with Crippen molar-refractivity contribution in [1.82, 2.24) is 4.98 Å². The number of cyclic esters (lactones) is 1. The molecule has 2 aliphatic heterocycles. The van der Waals surface area contributed by atoms with E-state index >= 15 is 0 Å². The molecule has 26 heavy (non-hydrogen) atoms. The van der Waals surface area contributed by atoms with Crippen molar-refractivity contribution in [1.29, 1.82) is 5.26 Å². The third-order valence-corrected chi connectivity index (χ3v) is 5.93. The van der Waals surface area contributed by atoms with Gasteiger partial charge in [0.15, 0.2) is 5.13 Å². The van der Waals surface area contributed by atoms with Crippen LogP contribution in [0.1, 0.15) is 12.8 Å². The number of hydrogen-bond acceptors (Lipinski definition) is 7. The highest BCUT2D eigenvalue weighted by Crippen LogP contribution is 2.34. The molecule has 0 bridgehead atoms. The van der Waals surface area contributed by atoms with Gasteiger partial charge in [0.05, 0.1) is 29.4 Å². The van der Waals surface area contributed by atoms with Gasteiger partial charge in [-0.15, -0.1) is 0 Å². The summed E-state index contributed by atoms with van der Waals surface area (Å²) >= 11 is 1.63. The molecule has 1 aromatic carbocycles. The van der Waals surface area contributed by atoms with Crippen molar-refractivity contribution in [2.24, 2.45) is 5.92 Å². The van der Waals surface area contributed by atoms with Crippen molar-refractivity contribution in [3.8, 4) is 6.07 Å². The summed E-state index contributed by atoms with van der Waals surface area (Å²) in [5.41, 5.74) is 1.75. The zero-order valence-corrected chi connectivity index (χ0v) is 15.4. The molecule has 2 saturated heterocycles. The van der Waals surface area contributed by atoms with Gasteiger partial charge >= 0.3 is 6.09 Å². The first-order valence-corrected chi connectivity index (χ1v) is 9.52. The molecule has 0 N–H and O–H groups in total. The molecular weight excluding hydrogens is 352 g/mol. The fourth-order valence-electron chi connectivity index (χ4n) is 3.41. The van der Waals surface area contributed by atoms with Crippen molar-refractivity contribution < 1.29 is 14.3 Å². The first kappa shape index (κ1) is 17.1. The first-order chi connectivity index (χ1) is 12.7. The highest BCUT2D eigenvalue weighted by molar-refractivity contribution is 7.22. The monoisotopic (exact) mass is 372 g/mol.